The first-order chi connectivity index (χ1) is 16.6. The highest BCUT2D eigenvalue weighted by molar-refractivity contribution is 7.80. The van der Waals surface area contributed by atoms with Gasteiger partial charge in [0.2, 0.25) is 0 Å². The summed E-state index contributed by atoms with van der Waals surface area (Å²) in [6, 6.07) is 17.4. The lowest BCUT2D eigenvalue weighted by molar-refractivity contribution is 0.0953. The number of carbonyl (C=O) groups is 1. The number of H-pyrrole nitrogens is 1. The van der Waals surface area contributed by atoms with Crippen molar-refractivity contribution in [2.75, 3.05) is 18.4 Å². The molecule has 0 aliphatic carbocycles. The summed E-state index contributed by atoms with van der Waals surface area (Å²) in [4.78, 5) is 19.4. The van der Waals surface area contributed by atoms with Gasteiger partial charge in [0.05, 0.1) is 0 Å². The summed E-state index contributed by atoms with van der Waals surface area (Å²) in [6.07, 6.45) is 7.64. The number of thiocarbonyl (C=S) groups is 1. The van der Waals surface area contributed by atoms with Crippen LogP contribution in [0.4, 0.5) is 5.69 Å². The second-order valence-electron chi connectivity index (χ2n) is 7.89. The molecule has 0 saturated heterocycles. The molecule has 1 amide bonds. The van der Waals surface area contributed by atoms with Crippen LogP contribution in [0.5, 0.6) is 0 Å². The zero-order valence-corrected chi connectivity index (χ0v) is 20.2. The zero-order valence-electron chi connectivity index (χ0n) is 18.6. The van der Waals surface area contributed by atoms with Gasteiger partial charge in [0.1, 0.15) is 0 Å². The van der Waals surface area contributed by atoms with Gasteiger partial charge in [-0.1, -0.05) is 29.8 Å². The number of anilines is 1. The van der Waals surface area contributed by atoms with Gasteiger partial charge < -0.3 is 20.9 Å². The number of para-hydroxylation sites is 1. The summed E-state index contributed by atoms with van der Waals surface area (Å²) in [6.45, 7) is 1.28. The van der Waals surface area contributed by atoms with E-state index in [2.05, 4.69) is 38.1 Å². The summed E-state index contributed by atoms with van der Waals surface area (Å²) < 4.78 is 0. The lowest BCUT2D eigenvalue weighted by Gasteiger charge is -2.15. The highest BCUT2D eigenvalue weighted by atomic mass is 35.5. The maximum absolute atomic E-state index is 12.2. The van der Waals surface area contributed by atoms with E-state index in [1.807, 2.05) is 36.5 Å². The summed E-state index contributed by atoms with van der Waals surface area (Å²) in [5, 5.41) is 12.0. The Hall–Kier alpha value is -3.42. The average Bonchev–Trinajstić information content (AvgIpc) is 3.27. The van der Waals surface area contributed by atoms with Gasteiger partial charge in [-0.25, -0.2) is 0 Å². The van der Waals surface area contributed by atoms with Gasteiger partial charge in [-0.05, 0) is 79.0 Å². The Kier molecular flexibility index (Phi) is 8.12. The van der Waals surface area contributed by atoms with Crippen molar-refractivity contribution in [3.8, 4) is 0 Å². The third-order valence-corrected chi connectivity index (χ3v) is 6.00. The number of aromatic nitrogens is 2. The highest BCUT2D eigenvalue weighted by Crippen LogP contribution is 2.22. The molecule has 2 aromatic carbocycles. The minimum Gasteiger partial charge on any atom is -0.362 e. The maximum atomic E-state index is 12.2. The molecule has 2 heterocycles. The number of rotatable bonds is 9. The van der Waals surface area contributed by atoms with E-state index in [0.29, 0.717) is 22.2 Å². The minimum absolute atomic E-state index is 0.104. The van der Waals surface area contributed by atoms with Crippen molar-refractivity contribution < 1.29 is 4.79 Å². The van der Waals surface area contributed by atoms with Gasteiger partial charge >= 0.3 is 0 Å². The predicted molar refractivity (Wildman–Crippen MR) is 143 cm³/mol. The van der Waals surface area contributed by atoms with Crippen LogP contribution in [0.3, 0.4) is 0 Å². The quantitative estimate of drug-likeness (QED) is 0.193. The Morgan fingerprint density at radius 3 is 2.65 bits per heavy atom. The molecule has 0 unspecified atom stereocenters. The Bertz CT molecular complexity index is 1270. The van der Waals surface area contributed by atoms with Crippen molar-refractivity contribution >= 4 is 51.4 Å². The Morgan fingerprint density at radius 1 is 0.971 bits per heavy atom. The Morgan fingerprint density at radius 2 is 1.79 bits per heavy atom. The van der Waals surface area contributed by atoms with E-state index < -0.39 is 0 Å². The number of amides is 1. The van der Waals surface area contributed by atoms with Crippen LogP contribution in [0, 0.1) is 0 Å². The molecule has 0 saturated carbocycles. The molecule has 4 rings (SSSR count). The topological polar surface area (TPSA) is 81.8 Å². The van der Waals surface area contributed by atoms with Crippen LogP contribution in [-0.4, -0.2) is 34.1 Å². The van der Waals surface area contributed by atoms with E-state index in [9.17, 15) is 4.79 Å². The van der Waals surface area contributed by atoms with E-state index in [1.165, 1.54) is 10.9 Å². The van der Waals surface area contributed by atoms with Gasteiger partial charge in [-0.2, -0.15) is 0 Å². The van der Waals surface area contributed by atoms with Gasteiger partial charge in [-0.3, -0.25) is 9.78 Å². The average molecular weight is 492 g/mol. The largest absolute Gasteiger partial charge is 0.362 e. The number of pyridine rings is 1. The molecule has 0 spiro atoms. The number of halogens is 1. The molecule has 0 radical (unpaired) electrons. The predicted octanol–water partition coefficient (Wildman–Crippen LogP) is 5.11. The number of hydrogen-bond acceptors (Lipinski definition) is 3. The van der Waals surface area contributed by atoms with Crippen molar-refractivity contribution in [1.29, 1.82) is 0 Å². The molecule has 0 fully saturated rings. The fourth-order valence-electron chi connectivity index (χ4n) is 3.79. The minimum atomic E-state index is -0.104. The van der Waals surface area contributed by atoms with E-state index in [1.54, 1.807) is 24.5 Å². The van der Waals surface area contributed by atoms with Crippen LogP contribution in [-0.2, 0) is 12.8 Å². The first kappa shape index (κ1) is 23.7. The number of hydrogen-bond donors (Lipinski definition) is 4. The van der Waals surface area contributed by atoms with Crippen LogP contribution in [0.25, 0.3) is 10.9 Å². The molecule has 0 atom stereocenters. The summed E-state index contributed by atoms with van der Waals surface area (Å²) in [7, 11) is 0. The third kappa shape index (κ3) is 6.34. The second-order valence-corrected chi connectivity index (χ2v) is 8.73. The molecule has 0 bridgehead atoms. The number of carbonyl (C=O) groups excluding carboxylic acids is 1. The second kappa shape index (κ2) is 11.6. The zero-order chi connectivity index (χ0) is 23.8. The lowest BCUT2D eigenvalue weighted by Crippen LogP contribution is -2.30. The van der Waals surface area contributed by atoms with Crippen molar-refractivity contribution in [1.82, 2.24) is 20.6 Å². The molecule has 0 aliphatic rings. The Labute approximate surface area is 209 Å². The number of aryl methyl sites for hydroxylation is 1. The van der Waals surface area contributed by atoms with Crippen LogP contribution in [0.1, 0.15) is 27.9 Å². The van der Waals surface area contributed by atoms with Crippen molar-refractivity contribution in [3.05, 3.63) is 94.9 Å². The van der Waals surface area contributed by atoms with Crippen LogP contribution >= 0.6 is 23.8 Å². The van der Waals surface area contributed by atoms with Gasteiger partial charge in [0.25, 0.3) is 5.91 Å². The molecule has 6 nitrogen and oxygen atoms in total. The van der Waals surface area contributed by atoms with E-state index in [0.717, 1.165) is 42.6 Å². The number of benzene rings is 2. The third-order valence-electron chi connectivity index (χ3n) is 5.52. The monoisotopic (exact) mass is 491 g/mol. The molecule has 174 valence electrons. The van der Waals surface area contributed by atoms with E-state index in [4.69, 9.17) is 23.8 Å². The molecule has 4 aromatic rings. The highest BCUT2D eigenvalue weighted by Gasteiger charge is 2.08. The Balaban J connectivity index is 1.26. The molecule has 4 N–H and O–H groups in total. The number of fused-ring (bicyclic) bond motifs is 1. The smallest absolute Gasteiger partial charge is 0.251 e. The van der Waals surface area contributed by atoms with Crippen molar-refractivity contribution in [2.45, 2.75) is 19.3 Å². The first-order valence-electron chi connectivity index (χ1n) is 11.2. The summed E-state index contributed by atoms with van der Waals surface area (Å²) in [5.74, 6) is -0.104. The van der Waals surface area contributed by atoms with E-state index in [-0.39, 0.29) is 5.91 Å². The standard InChI is InChI=1S/C26H26ClN5OS/c27-21-7-8-23(19(16-21)4-3-12-29-25(33)18-9-13-28-14-10-18)32-26(34)30-15-11-20-17-31-24-6-2-1-5-22(20)24/h1-2,5-10,13-14,16-17,31H,3-4,11-12,15H2,(H,29,33)(H2,30,32,34). The summed E-state index contributed by atoms with van der Waals surface area (Å²) >= 11 is 11.7. The molecular weight excluding hydrogens is 466 g/mol. The van der Waals surface area contributed by atoms with Crippen LogP contribution in [0.15, 0.2) is 73.2 Å². The fourth-order valence-corrected chi connectivity index (χ4v) is 4.20. The SMILES string of the molecule is O=C(NCCCc1cc(Cl)ccc1NC(=S)NCCc1c[nH]c2ccccc12)c1ccncc1. The number of nitrogens with one attached hydrogen (secondary N) is 4. The normalized spacial score (nSPS) is 10.7. The van der Waals surface area contributed by atoms with Gasteiger partial charge in [0, 0.05) is 58.9 Å². The van der Waals surface area contributed by atoms with Gasteiger partial charge in [0.15, 0.2) is 5.11 Å². The molecule has 34 heavy (non-hydrogen) atoms. The van der Waals surface area contributed by atoms with Gasteiger partial charge in [-0.15, -0.1) is 0 Å². The van der Waals surface area contributed by atoms with Crippen LogP contribution in [0.2, 0.25) is 5.02 Å². The fraction of sp³-hybridized carbons (Fsp3) is 0.192. The lowest BCUT2D eigenvalue weighted by atomic mass is 10.1. The van der Waals surface area contributed by atoms with E-state index >= 15 is 0 Å². The molecule has 8 heteroatoms. The van der Waals surface area contributed by atoms with Crippen molar-refractivity contribution in [2.24, 2.45) is 0 Å². The number of aromatic amines is 1. The molecule has 2 aromatic heterocycles. The maximum Gasteiger partial charge on any atom is 0.251 e. The summed E-state index contributed by atoms with van der Waals surface area (Å²) in [5.41, 5.74) is 4.96. The van der Waals surface area contributed by atoms with Crippen molar-refractivity contribution in [3.63, 3.8) is 0 Å². The molecular formula is C26H26ClN5OS. The van der Waals surface area contributed by atoms with Crippen LogP contribution < -0.4 is 16.0 Å². The number of nitrogens with zero attached hydrogens (tertiary/aromatic N) is 1. The first-order valence-corrected chi connectivity index (χ1v) is 12.0. The molecule has 0 aliphatic heterocycles.